The summed E-state index contributed by atoms with van der Waals surface area (Å²) in [5, 5.41) is 0. The molecule has 0 saturated carbocycles. The van der Waals surface area contributed by atoms with Gasteiger partial charge >= 0.3 is 0 Å². The molecule has 0 aliphatic heterocycles. The van der Waals surface area contributed by atoms with E-state index in [0.29, 0.717) is 6.42 Å². The van der Waals surface area contributed by atoms with Gasteiger partial charge in [-0.3, -0.25) is 0 Å². The summed E-state index contributed by atoms with van der Waals surface area (Å²) in [5.41, 5.74) is 3.31. The van der Waals surface area contributed by atoms with Gasteiger partial charge in [-0.15, -0.1) is 0 Å². The third-order valence-electron chi connectivity index (χ3n) is 2.34. The fourth-order valence-corrected chi connectivity index (χ4v) is 1.55. The number of aromatic nitrogens is 2. The number of rotatable bonds is 3. The number of carbonyl (C=O) groups is 1. The van der Waals surface area contributed by atoms with Crippen molar-refractivity contribution in [2.24, 2.45) is 7.05 Å². The Bertz CT molecular complexity index is 459. The third kappa shape index (κ3) is 1.53. The largest absolute Gasteiger partial charge is 0.334 e. The molecule has 0 spiro atoms. The minimum absolute atomic E-state index is 0.587. The maximum absolute atomic E-state index is 10.2. The van der Waals surface area contributed by atoms with Gasteiger partial charge in [0.05, 0.1) is 17.4 Å². The van der Waals surface area contributed by atoms with Crippen LogP contribution in [0.25, 0.3) is 11.0 Å². The Morgan fingerprint density at radius 1 is 1.50 bits per heavy atom. The highest BCUT2D eigenvalue weighted by molar-refractivity contribution is 5.76. The predicted molar refractivity (Wildman–Crippen MR) is 55.1 cm³/mol. The molecular weight excluding hydrogens is 176 g/mol. The van der Waals surface area contributed by atoms with Crippen LogP contribution in [0.15, 0.2) is 24.5 Å². The lowest BCUT2D eigenvalue weighted by Gasteiger charge is -1.99. The van der Waals surface area contributed by atoms with Gasteiger partial charge in [0.25, 0.3) is 0 Å². The molecule has 0 aliphatic carbocycles. The molecule has 3 heteroatoms. The molecule has 1 aromatic carbocycles. The second kappa shape index (κ2) is 3.62. The number of aldehydes is 1. The standard InChI is InChI=1S/C11H12N2O/c1-13-8-12-10-5-4-9(3-2-6-14)7-11(10)13/h4-8H,2-3H2,1H3. The van der Waals surface area contributed by atoms with Gasteiger partial charge < -0.3 is 9.36 Å². The molecule has 3 nitrogen and oxygen atoms in total. The first-order chi connectivity index (χ1) is 6.81. The molecule has 1 heterocycles. The Kier molecular flexibility index (Phi) is 2.31. The SMILES string of the molecule is Cn1cnc2ccc(CCC=O)cc21. The summed E-state index contributed by atoms with van der Waals surface area (Å²) in [6.45, 7) is 0. The van der Waals surface area contributed by atoms with Crippen LogP contribution in [0.3, 0.4) is 0 Å². The summed E-state index contributed by atoms with van der Waals surface area (Å²) in [7, 11) is 1.97. The third-order valence-corrected chi connectivity index (χ3v) is 2.34. The van der Waals surface area contributed by atoms with E-state index >= 15 is 0 Å². The van der Waals surface area contributed by atoms with Crippen molar-refractivity contribution in [2.45, 2.75) is 12.8 Å². The van der Waals surface area contributed by atoms with Gasteiger partial charge in [-0.1, -0.05) is 6.07 Å². The van der Waals surface area contributed by atoms with Crippen molar-refractivity contribution in [1.82, 2.24) is 9.55 Å². The van der Waals surface area contributed by atoms with E-state index in [1.54, 1.807) is 6.33 Å². The van der Waals surface area contributed by atoms with Crippen LogP contribution in [0.1, 0.15) is 12.0 Å². The van der Waals surface area contributed by atoms with Crippen LogP contribution in [0.5, 0.6) is 0 Å². The van der Waals surface area contributed by atoms with Crippen LogP contribution >= 0.6 is 0 Å². The summed E-state index contributed by atoms with van der Waals surface area (Å²) in [4.78, 5) is 14.5. The topological polar surface area (TPSA) is 34.9 Å². The quantitative estimate of drug-likeness (QED) is 0.687. The molecule has 14 heavy (non-hydrogen) atoms. The number of fused-ring (bicyclic) bond motifs is 1. The zero-order chi connectivity index (χ0) is 9.97. The molecule has 2 rings (SSSR count). The van der Waals surface area contributed by atoms with Crippen LogP contribution in [-0.4, -0.2) is 15.8 Å². The van der Waals surface area contributed by atoms with Gasteiger partial charge in [0.15, 0.2) is 0 Å². The Hall–Kier alpha value is -1.64. The van der Waals surface area contributed by atoms with E-state index in [1.807, 2.05) is 23.7 Å². The van der Waals surface area contributed by atoms with E-state index in [2.05, 4.69) is 11.1 Å². The van der Waals surface area contributed by atoms with E-state index in [-0.39, 0.29) is 0 Å². The van der Waals surface area contributed by atoms with Crippen molar-refractivity contribution < 1.29 is 4.79 Å². The number of nitrogens with zero attached hydrogens (tertiary/aromatic N) is 2. The Morgan fingerprint density at radius 2 is 2.36 bits per heavy atom. The smallest absolute Gasteiger partial charge is 0.120 e. The van der Waals surface area contributed by atoms with Gasteiger partial charge in [0.2, 0.25) is 0 Å². The molecule has 0 radical (unpaired) electrons. The van der Waals surface area contributed by atoms with E-state index < -0.39 is 0 Å². The van der Waals surface area contributed by atoms with Crippen LogP contribution < -0.4 is 0 Å². The number of aryl methyl sites for hydroxylation is 2. The van der Waals surface area contributed by atoms with Crippen LogP contribution in [-0.2, 0) is 18.3 Å². The number of carbonyl (C=O) groups excluding carboxylic acids is 1. The monoisotopic (exact) mass is 188 g/mol. The lowest BCUT2D eigenvalue weighted by molar-refractivity contribution is -0.107. The Labute approximate surface area is 82.4 Å². The van der Waals surface area contributed by atoms with Crippen molar-refractivity contribution in [3.05, 3.63) is 30.1 Å². The molecule has 1 aromatic heterocycles. The van der Waals surface area contributed by atoms with Gasteiger partial charge in [-0.2, -0.15) is 0 Å². The second-order valence-corrected chi connectivity index (χ2v) is 3.38. The maximum Gasteiger partial charge on any atom is 0.120 e. The lowest BCUT2D eigenvalue weighted by Crippen LogP contribution is -1.88. The number of imidazole rings is 1. The minimum atomic E-state index is 0.587. The summed E-state index contributed by atoms with van der Waals surface area (Å²) in [6.07, 6.45) is 4.15. The summed E-state index contributed by atoms with van der Waals surface area (Å²) >= 11 is 0. The van der Waals surface area contributed by atoms with E-state index in [1.165, 1.54) is 5.56 Å². The van der Waals surface area contributed by atoms with Crippen LogP contribution in [0, 0.1) is 0 Å². The summed E-state index contributed by atoms with van der Waals surface area (Å²) in [5.74, 6) is 0. The number of hydrogen-bond acceptors (Lipinski definition) is 2. The molecule has 2 aromatic rings. The number of hydrogen-bond donors (Lipinski definition) is 0. The Balaban J connectivity index is 2.39. The first-order valence-corrected chi connectivity index (χ1v) is 4.65. The maximum atomic E-state index is 10.2. The van der Waals surface area contributed by atoms with Crippen molar-refractivity contribution >= 4 is 17.3 Å². The highest BCUT2D eigenvalue weighted by Crippen LogP contribution is 2.14. The predicted octanol–water partition coefficient (Wildman–Crippen LogP) is 1.70. The lowest BCUT2D eigenvalue weighted by atomic mass is 10.1. The number of benzene rings is 1. The second-order valence-electron chi connectivity index (χ2n) is 3.38. The summed E-state index contributed by atoms with van der Waals surface area (Å²) < 4.78 is 1.99. The fourth-order valence-electron chi connectivity index (χ4n) is 1.55. The van der Waals surface area contributed by atoms with Crippen molar-refractivity contribution in [2.75, 3.05) is 0 Å². The highest BCUT2D eigenvalue weighted by Gasteiger charge is 2.00. The highest BCUT2D eigenvalue weighted by atomic mass is 16.1. The molecule has 0 atom stereocenters. The molecule has 72 valence electrons. The zero-order valence-corrected chi connectivity index (χ0v) is 8.10. The Morgan fingerprint density at radius 3 is 3.14 bits per heavy atom. The van der Waals surface area contributed by atoms with Crippen molar-refractivity contribution in [3.63, 3.8) is 0 Å². The van der Waals surface area contributed by atoms with E-state index in [4.69, 9.17) is 0 Å². The minimum Gasteiger partial charge on any atom is -0.334 e. The average Bonchev–Trinajstić information content (AvgIpc) is 2.57. The van der Waals surface area contributed by atoms with Gasteiger partial charge in [-0.25, -0.2) is 4.98 Å². The average molecular weight is 188 g/mol. The molecule has 0 amide bonds. The first kappa shape index (κ1) is 8.94. The van der Waals surface area contributed by atoms with E-state index in [9.17, 15) is 4.79 Å². The first-order valence-electron chi connectivity index (χ1n) is 4.65. The van der Waals surface area contributed by atoms with Gasteiger partial charge in [-0.05, 0) is 24.1 Å². The van der Waals surface area contributed by atoms with Crippen molar-refractivity contribution in [3.8, 4) is 0 Å². The molecule has 0 unspecified atom stereocenters. The van der Waals surface area contributed by atoms with Gasteiger partial charge in [0, 0.05) is 13.5 Å². The summed E-state index contributed by atoms with van der Waals surface area (Å²) in [6, 6.07) is 6.11. The fraction of sp³-hybridized carbons (Fsp3) is 0.273. The van der Waals surface area contributed by atoms with E-state index in [0.717, 1.165) is 23.7 Å². The molecule has 0 saturated heterocycles. The molecule has 0 bridgehead atoms. The van der Waals surface area contributed by atoms with Crippen molar-refractivity contribution in [1.29, 1.82) is 0 Å². The normalized spacial score (nSPS) is 10.6. The molecular formula is C11H12N2O. The zero-order valence-electron chi connectivity index (χ0n) is 8.10. The molecule has 0 aliphatic rings. The van der Waals surface area contributed by atoms with Gasteiger partial charge in [0.1, 0.15) is 6.29 Å². The van der Waals surface area contributed by atoms with Crippen LogP contribution in [0.2, 0.25) is 0 Å². The van der Waals surface area contributed by atoms with Crippen LogP contribution in [0.4, 0.5) is 0 Å². The molecule has 0 N–H and O–H groups in total. The molecule has 0 fully saturated rings.